The van der Waals surface area contributed by atoms with Crippen molar-refractivity contribution in [3.63, 3.8) is 0 Å². The van der Waals surface area contributed by atoms with Gasteiger partial charge in [0.25, 0.3) is 0 Å². The molecule has 0 atom stereocenters. The molecule has 0 radical (unpaired) electrons. The maximum Gasteiger partial charge on any atom is 0.192 e. The van der Waals surface area contributed by atoms with Gasteiger partial charge in [-0.3, -0.25) is 9.55 Å². The summed E-state index contributed by atoms with van der Waals surface area (Å²) in [5.74, 6) is -0.522. The van der Waals surface area contributed by atoms with Crippen molar-refractivity contribution in [2.45, 2.75) is 17.5 Å². The molecule has 2 aromatic heterocycles. The lowest BCUT2D eigenvalue weighted by Crippen LogP contribution is -2.02. The van der Waals surface area contributed by atoms with Gasteiger partial charge in [-0.15, -0.1) is 16.8 Å². The van der Waals surface area contributed by atoms with E-state index in [4.69, 9.17) is 0 Å². The third-order valence-electron chi connectivity index (χ3n) is 3.23. The Hall–Kier alpha value is -2.61. The van der Waals surface area contributed by atoms with Gasteiger partial charge in [0.1, 0.15) is 17.3 Å². The van der Waals surface area contributed by atoms with Gasteiger partial charge in [-0.25, -0.2) is 13.8 Å². The van der Waals surface area contributed by atoms with E-state index in [9.17, 15) is 8.78 Å². The minimum atomic E-state index is -0.577. The van der Waals surface area contributed by atoms with Crippen molar-refractivity contribution < 1.29 is 8.78 Å². The first kappa shape index (κ1) is 16.3. The van der Waals surface area contributed by atoms with Crippen molar-refractivity contribution in [3.05, 3.63) is 66.6 Å². The van der Waals surface area contributed by atoms with Gasteiger partial charge >= 0.3 is 0 Å². The van der Waals surface area contributed by atoms with Crippen molar-refractivity contribution in [2.75, 3.05) is 0 Å². The lowest BCUT2D eigenvalue weighted by Gasteiger charge is -2.08. The molecule has 3 rings (SSSR count). The second-order valence-corrected chi connectivity index (χ2v) is 5.73. The maximum atomic E-state index is 13.7. The highest BCUT2D eigenvalue weighted by atomic mass is 32.2. The molecule has 1 aromatic carbocycles. The van der Waals surface area contributed by atoms with E-state index >= 15 is 0 Å². The normalized spacial score (nSPS) is 10.8. The van der Waals surface area contributed by atoms with E-state index in [-0.39, 0.29) is 11.3 Å². The van der Waals surface area contributed by atoms with Crippen LogP contribution in [0.3, 0.4) is 0 Å². The van der Waals surface area contributed by atoms with Crippen molar-refractivity contribution in [1.82, 2.24) is 24.7 Å². The zero-order valence-electron chi connectivity index (χ0n) is 12.6. The molecule has 24 heavy (non-hydrogen) atoms. The van der Waals surface area contributed by atoms with E-state index < -0.39 is 11.6 Å². The van der Waals surface area contributed by atoms with Gasteiger partial charge in [-0.1, -0.05) is 23.9 Å². The number of thioether (sulfide) groups is 1. The monoisotopic (exact) mass is 345 g/mol. The average molecular weight is 345 g/mol. The molecule has 0 bridgehead atoms. The first-order valence-electron chi connectivity index (χ1n) is 7.07. The minimum absolute atomic E-state index is 0.0108. The van der Waals surface area contributed by atoms with Crippen LogP contribution in [0.2, 0.25) is 0 Å². The number of halogens is 2. The highest BCUT2D eigenvalue weighted by molar-refractivity contribution is 7.98. The van der Waals surface area contributed by atoms with Gasteiger partial charge in [0, 0.05) is 30.3 Å². The summed E-state index contributed by atoms with van der Waals surface area (Å²) in [6.45, 7) is 4.16. The number of nitrogens with zero attached hydrogens (tertiary/aromatic N) is 5. The van der Waals surface area contributed by atoms with Crippen molar-refractivity contribution in [3.8, 4) is 11.5 Å². The highest BCUT2D eigenvalue weighted by Gasteiger charge is 2.16. The van der Waals surface area contributed by atoms with E-state index in [1.54, 1.807) is 29.2 Å². The van der Waals surface area contributed by atoms with Crippen LogP contribution in [0, 0.1) is 11.6 Å². The molecule has 8 heteroatoms. The molecule has 0 aliphatic rings. The van der Waals surface area contributed by atoms with Crippen molar-refractivity contribution in [1.29, 1.82) is 0 Å². The summed E-state index contributed by atoms with van der Waals surface area (Å²) in [6.07, 6.45) is 6.39. The molecule has 0 aliphatic heterocycles. The summed E-state index contributed by atoms with van der Waals surface area (Å²) in [5.41, 5.74) is 0.576. The van der Waals surface area contributed by atoms with Crippen LogP contribution in [-0.2, 0) is 12.3 Å². The number of allylic oxidation sites excluding steroid dienone is 1. The lowest BCUT2D eigenvalue weighted by atomic mass is 10.2. The molecular formula is C16H13F2N5S. The quantitative estimate of drug-likeness (QED) is 0.506. The molecule has 0 aliphatic carbocycles. The molecule has 5 nitrogen and oxygen atoms in total. The Bertz CT molecular complexity index is 831. The van der Waals surface area contributed by atoms with E-state index in [1.165, 1.54) is 30.0 Å². The van der Waals surface area contributed by atoms with Crippen molar-refractivity contribution in [2.24, 2.45) is 0 Å². The SMILES string of the molecule is C=CCn1c(SCc2c(F)cccc2F)nnc1-c1cnccn1. The minimum Gasteiger partial charge on any atom is -0.297 e. The van der Waals surface area contributed by atoms with E-state index in [0.29, 0.717) is 23.2 Å². The Morgan fingerprint density at radius 1 is 1.17 bits per heavy atom. The third kappa shape index (κ3) is 3.33. The summed E-state index contributed by atoms with van der Waals surface area (Å²) in [4.78, 5) is 8.22. The first-order valence-corrected chi connectivity index (χ1v) is 8.05. The Kier molecular flexibility index (Phi) is 4.95. The largest absolute Gasteiger partial charge is 0.297 e. The molecule has 0 saturated carbocycles. The fourth-order valence-electron chi connectivity index (χ4n) is 2.10. The van der Waals surface area contributed by atoms with Crippen LogP contribution >= 0.6 is 11.8 Å². The smallest absolute Gasteiger partial charge is 0.192 e. The van der Waals surface area contributed by atoms with Gasteiger partial charge in [0.2, 0.25) is 0 Å². The van der Waals surface area contributed by atoms with Gasteiger partial charge in [-0.2, -0.15) is 0 Å². The fraction of sp³-hybridized carbons (Fsp3) is 0.125. The Balaban J connectivity index is 1.89. The summed E-state index contributed by atoms with van der Waals surface area (Å²) in [7, 11) is 0. The number of benzene rings is 1. The van der Waals surface area contributed by atoms with Crippen LogP contribution in [0.5, 0.6) is 0 Å². The molecule has 2 heterocycles. The second-order valence-electron chi connectivity index (χ2n) is 4.79. The van der Waals surface area contributed by atoms with Crippen LogP contribution in [0.1, 0.15) is 5.56 Å². The summed E-state index contributed by atoms with van der Waals surface area (Å²) in [6, 6.07) is 3.81. The summed E-state index contributed by atoms with van der Waals surface area (Å²) >= 11 is 1.20. The second kappa shape index (κ2) is 7.31. The Morgan fingerprint density at radius 2 is 1.96 bits per heavy atom. The average Bonchev–Trinajstić information content (AvgIpc) is 2.98. The number of aromatic nitrogens is 5. The van der Waals surface area contributed by atoms with E-state index in [2.05, 4.69) is 26.7 Å². The van der Waals surface area contributed by atoms with Crippen LogP contribution in [0.15, 0.2) is 54.6 Å². The van der Waals surface area contributed by atoms with Gasteiger partial charge in [-0.05, 0) is 12.1 Å². The summed E-state index contributed by atoms with van der Waals surface area (Å²) < 4.78 is 29.3. The molecule has 0 fully saturated rings. The molecular weight excluding hydrogens is 332 g/mol. The van der Waals surface area contributed by atoms with Gasteiger partial charge < -0.3 is 0 Å². The first-order chi connectivity index (χ1) is 11.7. The standard InChI is InChI=1S/C16H13F2N5S/c1-2-8-23-15(14-9-19-6-7-20-14)21-22-16(23)24-10-11-12(17)4-3-5-13(11)18/h2-7,9H,1,8,10H2. The molecule has 3 aromatic rings. The lowest BCUT2D eigenvalue weighted by molar-refractivity contribution is 0.566. The van der Waals surface area contributed by atoms with Crippen LogP contribution in [-0.4, -0.2) is 24.7 Å². The van der Waals surface area contributed by atoms with E-state index in [0.717, 1.165) is 0 Å². The molecule has 0 amide bonds. The van der Waals surface area contributed by atoms with Crippen LogP contribution in [0.4, 0.5) is 8.78 Å². The molecule has 0 N–H and O–H groups in total. The maximum absolute atomic E-state index is 13.7. The van der Waals surface area contributed by atoms with Gasteiger partial charge in [0.05, 0.1) is 6.20 Å². The highest BCUT2D eigenvalue weighted by Crippen LogP contribution is 2.27. The molecule has 0 spiro atoms. The fourth-order valence-corrected chi connectivity index (χ4v) is 3.06. The third-order valence-corrected chi connectivity index (χ3v) is 4.22. The molecule has 0 unspecified atom stereocenters. The molecule has 122 valence electrons. The van der Waals surface area contributed by atoms with Crippen LogP contribution in [0.25, 0.3) is 11.5 Å². The predicted molar refractivity (Wildman–Crippen MR) is 87.2 cm³/mol. The van der Waals surface area contributed by atoms with E-state index in [1.807, 2.05) is 0 Å². The Morgan fingerprint density at radius 3 is 2.62 bits per heavy atom. The zero-order chi connectivity index (χ0) is 16.9. The number of rotatable bonds is 6. The predicted octanol–water partition coefficient (Wildman–Crippen LogP) is 3.49. The number of hydrogen-bond acceptors (Lipinski definition) is 5. The van der Waals surface area contributed by atoms with Crippen molar-refractivity contribution >= 4 is 11.8 Å². The number of hydrogen-bond donors (Lipinski definition) is 0. The summed E-state index contributed by atoms with van der Waals surface area (Å²) in [5, 5.41) is 8.74. The topological polar surface area (TPSA) is 56.5 Å². The van der Waals surface area contributed by atoms with Crippen LogP contribution < -0.4 is 0 Å². The Labute approximate surface area is 141 Å². The van der Waals surface area contributed by atoms with Gasteiger partial charge in [0.15, 0.2) is 11.0 Å². The zero-order valence-corrected chi connectivity index (χ0v) is 13.4. The molecule has 0 saturated heterocycles.